The third-order valence-corrected chi connectivity index (χ3v) is 8.25. The Kier molecular flexibility index (Phi) is 7.19. The molecule has 0 saturated heterocycles. The number of benzene rings is 1. The fourth-order valence-corrected chi connectivity index (χ4v) is 5.91. The number of thiophene rings is 2. The number of furan rings is 1. The molecule has 5 rings (SSSR count). The molecular formula is C28H23F2N3O4S2. The van der Waals surface area contributed by atoms with E-state index in [0.29, 0.717) is 27.3 Å². The number of nitrogens with one attached hydrogen (secondary N) is 1. The van der Waals surface area contributed by atoms with Gasteiger partial charge >= 0.3 is 0 Å². The van der Waals surface area contributed by atoms with Gasteiger partial charge in [0.25, 0.3) is 18.2 Å². The highest BCUT2D eigenvalue weighted by Gasteiger charge is 2.26. The van der Waals surface area contributed by atoms with Gasteiger partial charge < -0.3 is 20.2 Å². The molecule has 0 atom stereocenters. The van der Waals surface area contributed by atoms with Crippen molar-refractivity contribution >= 4 is 50.4 Å². The summed E-state index contributed by atoms with van der Waals surface area (Å²) in [6.45, 7) is 5.99. The Labute approximate surface area is 230 Å². The molecule has 3 N–H and O–H groups in total. The summed E-state index contributed by atoms with van der Waals surface area (Å²) in [6.07, 6.45) is -2.82. The number of ether oxygens (including phenoxy) is 1. The van der Waals surface area contributed by atoms with Crippen molar-refractivity contribution in [2.24, 2.45) is 5.73 Å². The molecule has 0 aliphatic heterocycles. The second-order valence-corrected chi connectivity index (χ2v) is 11.2. The Balaban J connectivity index is 1.47. The van der Waals surface area contributed by atoms with Gasteiger partial charge in [0, 0.05) is 20.7 Å². The summed E-state index contributed by atoms with van der Waals surface area (Å²) >= 11 is 2.25. The Hall–Kier alpha value is -4.09. The normalized spacial score (nSPS) is 11.3. The minimum absolute atomic E-state index is 0.00310. The largest absolute Gasteiger partial charge is 0.486 e. The molecule has 39 heavy (non-hydrogen) atoms. The summed E-state index contributed by atoms with van der Waals surface area (Å²) in [4.78, 5) is 31.4. The molecule has 2 amide bonds. The van der Waals surface area contributed by atoms with E-state index in [1.807, 2.05) is 45.0 Å². The van der Waals surface area contributed by atoms with Crippen LogP contribution < -0.4 is 15.8 Å². The standard InChI is InChI=1S/C28H23F2N3O4S2/c1-13-4-6-16(10-14(13)2)36-12-17-7-8-20(37-17)27(35)33-23-22-18(21-9-5-15(3)38-21)11-19(25(29)30)32-28(22)39-24(23)26(31)34/h4-11,25H,12H2,1-3H3,(H2,31,34)(H,33,35). The lowest BCUT2D eigenvalue weighted by Gasteiger charge is -2.09. The Morgan fingerprint density at radius 2 is 1.85 bits per heavy atom. The van der Waals surface area contributed by atoms with Gasteiger partial charge in [-0.3, -0.25) is 9.59 Å². The van der Waals surface area contributed by atoms with Gasteiger partial charge in [0.1, 0.15) is 33.5 Å². The summed E-state index contributed by atoms with van der Waals surface area (Å²) < 4.78 is 38.8. The van der Waals surface area contributed by atoms with Crippen molar-refractivity contribution in [1.29, 1.82) is 0 Å². The number of amides is 2. The first-order valence-electron chi connectivity index (χ1n) is 11.8. The van der Waals surface area contributed by atoms with Crippen LogP contribution >= 0.6 is 22.7 Å². The van der Waals surface area contributed by atoms with Crippen LogP contribution in [0.15, 0.2) is 52.9 Å². The van der Waals surface area contributed by atoms with Crippen molar-refractivity contribution in [3.8, 4) is 16.2 Å². The van der Waals surface area contributed by atoms with Crippen molar-refractivity contribution in [1.82, 2.24) is 4.98 Å². The number of nitrogens with two attached hydrogens (primary N) is 1. The molecule has 1 aromatic carbocycles. The fraction of sp³-hybridized carbons (Fsp3) is 0.179. The number of fused-ring (bicyclic) bond motifs is 1. The van der Waals surface area contributed by atoms with Crippen molar-refractivity contribution in [2.75, 3.05) is 5.32 Å². The molecule has 11 heteroatoms. The number of nitrogens with zero attached hydrogens (tertiary/aromatic N) is 1. The number of carbonyl (C=O) groups excluding carboxylic acids is 2. The van der Waals surface area contributed by atoms with Crippen molar-refractivity contribution in [3.63, 3.8) is 0 Å². The summed E-state index contributed by atoms with van der Waals surface area (Å²) in [7, 11) is 0. The SMILES string of the molecule is Cc1ccc(-c2cc(C(F)F)nc3sc(C(N)=O)c(NC(=O)c4ccc(COc5ccc(C)c(C)c5)o4)c23)s1. The number of pyridine rings is 1. The van der Waals surface area contributed by atoms with E-state index in [0.717, 1.165) is 27.3 Å². The van der Waals surface area contributed by atoms with E-state index in [-0.39, 0.29) is 27.8 Å². The molecule has 4 heterocycles. The van der Waals surface area contributed by atoms with E-state index >= 15 is 0 Å². The zero-order chi connectivity index (χ0) is 27.8. The van der Waals surface area contributed by atoms with Gasteiger partial charge in [0.15, 0.2) is 5.76 Å². The molecule has 5 aromatic rings. The van der Waals surface area contributed by atoms with E-state index in [1.54, 1.807) is 12.1 Å². The number of primary amides is 1. The van der Waals surface area contributed by atoms with Crippen LogP contribution in [0.25, 0.3) is 20.7 Å². The molecule has 4 aromatic heterocycles. The topological polar surface area (TPSA) is 107 Å². The zero-order valence-corrected chi connectivity index (χ0v) is 22.8. The smallest absolute Gasteiger partial charge is 0.291 e. The molecule has 0 aliphatic rings. The third kappa shape index (κ3) is 5.41. The van der Waals surface area contributed by atoms with Crippen molar-refractivity contribution in [2.45, 2.75) is 33.8 Å². The summed E-state index contributed by atoms with van der Waals surface area (Å²) in [5.41, 5.74) is 7.94. The first-order valence-corrected chi connectivity index (χ1v) is 13.5. The van der Waals surface area contributed by atoms with Crippen LogP contribution in [0.3, 0.4) is 0 Å². The predicted octanol–water partition coefficient (Wildman–Crippen LogP) is 7.41. The van der Waals surface area contributed by atoms with Gasteiger partial charge in [-0.1, -0.05) is 6.07 Å². The van der Waals surface area contributed by atoms with Gasteiger partial charge in [0.2, 0.25) is 0 Å². The van der Waals surface area contributed by atoms with Crippen LogP contribution in [0.5, 0.6) is 5.75 Å². The number of hydrogen-bond donors (Lipinski definition) is 2. The number of aryl methyl sites for hydroxylation is 3. The van der Waals surface area contributed by atoms with Crippen LogP contribution in [-0.4, -0.2) is 16.8 Å². The lowest BCUT2D eigenvalue weighted by molar-refractivity contribution is 0.0992. The van der Waals surface area contributed by atoms with E-state index in [2.05, 4.69) is 10.3 Å². The first-order chi connectivity index (χ1) is 18.6. The number of alkyl halides is 2. The molecule has 0 saturated carbocycles. The third-order valence-electron chi connectivity index (χ3n) is 6.12. The summed E-state index contributed by atoms with van der Waals surface area (Å²) in [5, 5.41) is 3.07. The van der Waals surface area contributed by atoms with Gasteiger partial charge in [-0.2, -0.15) is 0 Å². The maximum atomic E-state index is 13.7. The summed E-state index contributed by atoms with van der Waals surface area (Å²) in [6, 6.07) is 13.8. The number of anilines is 1. The quantitative estimate of drug-likeness (QED) is 0.203. The van der Waals surface area contributed by atoms with Gasteiger partial charge in [-0.25, -0.2) is 13.8 Å². The number of carbonyl (C=O) groups is 2. The Morgan fingerprint density at radius 1 is 1.05 bits per heavy atom. The highest BCUT2D eigenvalue weighted by molar-refractivity contribution is 7.21. The number of aromatic nitrogens is 1. The van der Waals surface area contributed by atoms with Crippen LogP contribution in [-0.2, 0) is 6.61 Å². The van der Waals surface area contributed by atoms with Crippen LogP contribution in [0.4, 0.5) is 14.5 Å². The Morgan fingerprint density at radius 3 is 2.51 bits per heavy atom. The molecule has 200 valence electrons. The van der Waals surface area contributed by atoms with E-state index in [9.17, 15) is 18.4 Å². The molecule has 0 spiro atoms. The maximum Gasteiger partial charge on any atom is 0.291 e. The number of halogens is 2. The minimum Gasteiger partial charge on any atom is -0.486 e. The molecule has 7 nitrogen and oxygen atoms in total. The average Bonchev–Trinajstić information content (AvgIpc) is 3.63. The average molecular weight is 568 g/mol. The van der Waals surface area contributed by atoms with E-state index in [1.165, 1.54) is 23.5 Å². The minimum atomic E-state index is -2.82. The molecule has 0 unspecified atom stereocenters. The van der Waals surface area contributed by atoms with Crippen LogP contribution in [0.2, 0.25) is 0 Å². The van der Waals surface area contributed by atoms with E-state index in [4.69, 9.17) is 14.9 Å². The number of hydrogen-bond acceptors (Lipinski definition) is 7. The number of rotatable bonds is 8. The van der Waals surface area contributed by atoms with Crippen LogP contribution in [0.1, 0.15) is 54.1 Å². The van der Waals surface area contributed by atoms with Crippen molar-refractivity contribution < 1.29 is 27.5 Å². The molecular weight excluding hydrogens is 544 g/mol. The zero-order valence-electron chi connectivity index (χ0n) is 21.1. The fourth-order valence-electron chi connectivity index (χ4n) is 4.01. The van der Waals surface area contributed by atoms with Gasteiger partial charge in [-0.15, -0.1) is 22.7 Å². The highest BCUT2D eigenvalue weighted by atomic mass is 32.1. The lowest BCUT2D eigenvalue weighted by Crippen LogP contribution is -2.16. The van der Waals surface area contributed by atoms with Gasteiger partial charge in [-0.05, 0) is 74.4 Å². The first kappa shape index (κ1) is 26.5. The van der Waals surface area contributed by atoms with Crippen LogP contribution in [0, 0.1) is 20.8 Å². The monoisotopic (exact) mass is 567 g/mol. The van der Waals surface area contributed by atoms with E-state index < -0.39 is 23.9 Å². The molecule has 0 radical (unpaired) electrons. The predicted molar refractivity (Wildman–Crippen MR) is 148 cm³/mol. The molecule has 0 aliphatic carbocycles. The highest BCUT2D eigenvalue weighted by Crippen LogP contribution is 2.44. The molecule has 0 fully saturated rings. The molecule has 0 bridgehead atoms. The van der Waals surface area contributed by atoms with Gasteiger partial charge in [0.05, 0.1) is 5.69 Å². The second kappa shape index (κ2) is 10.6. The second-order valence-electron chi connectivity index (χ2n) is 8.91. The maximum absolute atomic E-state index is 13.7. The van der Waals surface area contributed by atoms with Crippen molar-refractivity contribution in [3.05, 3.63) is 86.6 Å². The summed E-state index contributed by atoms with van der Waals surface area (Å²) in [5.74, 6) is -0.387. The Bertz CT molecular complexity index is 1720. The lowest BCUT2D eigenvalue weighted by atomic mass is 10.1.